The van der Waals surface area contributed by atoms with Crippen molar-refractivity contribution in [1.29, 1.82) is 0 Å². The number of aryl methyl sites for hydroxylation is 1. The number of sulfonamides is 1. The average Bonchev–Trinajstić information content (AvgIpc) is 2.66. The molecule has 0 aliphatic carbocycles. The van der Waals surface area contributed by atoms with Gasteiger partial charge in [-0.05, 0) is 76.6 Å². The quantitative estimate of drug-likeness (QED) is 0.450. The summed E-state index contributed by atoms with van der Waals surface area (Å²) in [6.45, 7) is 14.2. The molecule has 11 heteroatoms. The van der Waals surface area contributed by atoms with Crippen LogP contribution < -0.4 is 10.0 Å². The molecule has 0 radical (unpaired) electrons. The van der Waals surface area contributed by atoms with Gasteiger partial charge >= 0.3 is 0 Å². The molecule has 0 aromatic heterocycles. The van der Waals surface area contributed by atoms with E-state index >= 15 is 0 Å². The summed E-state index contributed by atoms with van der Waals surface area (Å²) in [5.41, 5.74) is -0.877. The van der Waals surface area contributed by atoms with E-state index in [1.807, 2.05) is 0 Å². The maximum absolute atomic E-state index is 13.3. The number of halogens is 1. The van der Waals surface area contributed by atoms with E-state index in [1.54, 1.807) is 6.92 Å². The van der Waals surface area contributed by atoms with Gasteiger partial charge in [-0.15, -0.1) is 0 Å². The highest BCUT2D eigenvalue weighted by Gasteiger charge is 2.45. The number of nitrogens with one attached hydrogen (secondary N) is 2. The van der Waals surface area contributed by atoms with Crippen LogP contribution >= 0.6 is 0 Å². The molecule has 2 rings (SSSR count). The van der Waals surface area contributed by atoms with Crippen LogP contribution in [0.4, 0.5) is 15.8 Å². The second-order valence-corrected chi connectivity index (χ2v) is 13.3. The highest BCUT2D eigenvalue weighted by Crippen LogP contribution is 2.26. The first-order valence-corrected chi connectivity index (χ1v) is 13.0. The predicted octanol–water partition coefficient (Wildman–Crippen LogP) is 3.57. The lowest BCUT2D eigenvalue weighted by Crippen LogP contribution is -2.61. The molecular weight excluding hydrogens is 469 g/mol. The number of hydrogen-bond donors (Lipinski definition) is 2. The molecule has 0 heterocycles. The monoisotopic (exact) mass is 495 g/mol. The Labute approximate surface area is 194 Å². The highest BCUT2D eigenvalue weighted by atomic mass is 32.2. The smallest absolute Gasteiger partial charge is 0.246 e. The molecule has 0 saturated heterocycles. The van der Waals surface area contributed by atoms with Gasteiger partial charge in [0.2, 0.25) is 15.9 Å². The van der Waals surface area contributed by atoms with Crippen molar-refractivity contribution in [3.63, 3.8) is 0 Å². The van der Waals surface area contributed by atoms with Crippen molar-refractivity contribution in [3.8, 4) is 0 Å². The third kappa shape index (κ3) is 6.16. The molecule has 8 nitrogen and oxygen atoms in total. The lowest BCUT2D eigenvalue weighted by molar-refractivity contribution is -0.120. The molecule has 2 aromatic rings. The number of hydrogen-bond acceptors (Lipinski definition) is 5. The van der Waals surface area contributed by atoms with Gasteiger partial charge in [-0.25, -0.2) is 26.1 Å². The Balaban J connectivity index is 2.50. The normalized spacial score (nSPS) is 14.2. The van der Waals surface area contributed by atoms with Gasteiger partial charge in [0, 0.05) is 5.69 Å². The number of amides is 1. The number of anilines is 1. The fourth-order valence-electron chi connectivity index (χ4n) is 2.82. The second-order valence-electron chi connectivity index (χ2n) is 8.83. The lowest BCUT2D eigenvalue weighted by atomic mass is 10.1. The summed E-state index contributed by atoms with van der Waals surface area (Å²) in [5.74, 6) is -2.46. The van der Waals surface area contributed by atoms with Crippen LogP contribution in [0.25, 0.3) is 4.85 Å². The van der Waals surface area contributed by atoms with Crippen molar-refractivity contribution in [2.75, 3.05) is 11.1 Å². The summed E-state index contributed by atoms with van der Waals surface area (Å²) < 4.78 is 65.9. The predicted molar refractivity (Wildman–Crippen MR) is 125 cm³/mol. The molecule has 0 aliphatic heterocycles. The van der Waals surface area contributed by atoms with Gasteiger partial charge in [-0.2, -0.15) is 4.72 Å². The molecule has 1 amide bonds. The first kappa shape index (κ1) is 26.4. The maximum Gasteiger partial charge on any atom is 0.246 e. The molecule has 0 spiro atoms. The van der Waals surface area contributed by atoms with E-state index in [9.17, 15) is 26.0 Å². The van der Waals surface area contributed by atoms with Crippen LogP contribution in [0.5, 0.6) is 0 Å². The number of carbonyl (C=O) groups excluding carboxylic acids is 1. The van der Waals surface area contributed by atoms with Crippen LogP contribution in [-0.2, 0) is 24.7 Å². The first-order valence-electron chi connectivity index (χ1n) is 9.82. The standard InChI is InChI=1S/C22H26FN3O5S2/c1-15-13-17(9-12-19(15)24-6)25-20(27)22(5,26-33(30,31)21(2,3)4)14-32(28,29)18-10-7-16(23)8-11-18/h7-13,26H,14H2,1-5H3,(H,25,27). The van der Waals surface area contributed by atoms with Gasteiger partial charge in [-0.3, -0.25) is 4.79 Å². The van der Waals surface area contributed by atoms with Gasteiger partial charge in [-0.1, -0.05) is 6.07 Å². The Morgan fingerprint density at radius 2 is 1.61 bits per heavy atom. The van der Waals surface area contributed by atoms with Gasteiger partial charge in [0.1, 0.15) is 11.4 Å². The van der Waals surface area contributed by atoms with Crippen molar-refractivity contribution in [3.05, 3.63) is 65.3 Å². The maximum atomic E-state index is 13.3. The minimum absolute atomic E-state index is 0.255. The Morgan fingerprint density at radius 1 is 1.03 bits per heavy atom. The summed E-state index contributed by atoms with van der Waals surface area (Å²) in [7, 11) is -8.35. The lowest BCUT2D eigenvalue weighted by Gasteiger charge is -2.32. The highest BCUT2D eigenvalue weighted by molar-refractivity contribution is 7.92. The molecule has 0 bridgehead atoms. The number of carbonyl (C=O) groups is 1. The number of benzene rings is 2. The molecule has 33 heavy (non-hydrogen) atoms. The van der Waals surface area contributed by atoms with E-state index in [1.165, 1.54) is 45.9 Å². The van der Waals surface area contributed by atoms with Crippen LogP contribution in [0.1, 0.15) is 33.3 Å². The van der Waals surface area contributed by atoms with Crippen molar-refractivity contribution in [2.45, 2.75) is 49.8 Å². The van der Waals surface area contributed by atoms with Gasteiger partial charge in [0.15, 0.2) is 15.5 Å². The third-order valence-electron chi connectivity index (χ3n) is 4.89. The SMILES string of the molecule is [C-]#[N+]c1ccc(NC(=O)C(C)(CS(=O)(=O)c2ccc(F)cc2)NS(=O)(=O)C(C)(C)C)cc1C. The van der Waals surface area contributed by atoms with Crippen LogP contribution in [0.15, 0.2) is 47.4 Å². The molecule has 2 aromatic carbocycles. The Kier molecular flexibility index (Phi) is 7.38. The number of rotatable bonds is 7. The summed E-state index contributed by atoms with van der Waals surface area (Å²) in [5, 5.41) is 2.54. The summed E-state index contributed by atoms with van der Waals surface area (Å²) in [6, 6.07) is 8.51. The first-order chi connectivity index (χ1) is 15.0. The molecule has 0 saturated carbocycles. The minimum Gasteiger partial charge on any atom is -0.325 e. The fraction of sp³-hybridized carbons (Fsp3) is 0.364. The Morgan fingerprint density at radius 3 is 2.09 bits per heavy atom. The second kappa shape index (κ2) is 9.21. The molecule has 0 aliphatic rings. The Hall–Kier alpha value is -2.81. The van der Waals surface area contributed by atoms with E-state index in [0.29, 0.717) is 11.3 Å². The molecule has 1 atom stereocenters. The Bertz CT molecular complexity index is 1310. The van der Waals surface area contributed by atoms with Crippen molar-refractivity contribution >= 4 is 37.1 Å². The number of nitrogens with zero attached hydrogens (tertiary/aromatic N) is 1. The van der Waals surface area contributed by atoms with E-state index in [4.69, 9.17) is 6.57 Å². The van der Waals surface area contributed by atoms with E-state index in [-0.39, 0.29) is 10.6 Å². The summed E-state index contributed by atoms with van der Waals surface area (Å²) >= 11 is 0. The third-order valence-corrected chi connectivity index (χ3v) is 9.17. The summed E-state index contributed by atoms with van der Waals surface area (Å²) in [6.07, 6.45) is 0. The van der Waals surface area contributed by atoms with Crippen molar-refractivity contribution in [1.82, 2.24) is 4.72 Å². The van der Waals surface area contributed by atoms with E-state index in [0.717, 1.165) is 24.3 Å². The minimum atomic E-state index is -4.20. The average molecular weight is 496 g/mol. The molecular formula is C22H26FN3O5S2. The largest absolute Gasteiger partial charge is 0.325 e. The zero-order valence-corrected chi connectivity index (χ0v) is 20.6. The molecule has 178 valence electrons. The van der Waals surface area contributed by atoms with Crippen LogP contribution in [0.2, 0.25) is 0 Å². The molecule has 0 fully saturated rings. The molecule has 2 N–H and O–H groups in total. The van der Waals surface area contributed by atoms with Crippen molar-refractivity contribution < 1.29 is 26.0 Å². The zero-order chi connectivity index (χ0) is 25.2. The summed E-state index contributed by atoms with van der Waals surface area (Å²) in [4.78, 5) is 16.3. The van der Waals surface area contributed by atoms with Crippen molar-refractivity contribution in [2.24, 2.45) is 0 Å². The van der Waals surface area contributed by atoms with Crippen LogP contribution in [-0.4, -0.2) is 38.8 Å². The number of sulfone groups is 1. The van der Waals surface area contributed by atoms with Gasteiger partial charge < -0.3 is 5.32 Å². The zero-order valence-electron chi connectivity index (χ0n) is 18.9. The van der Waals surface area contributed by atoms with Gasteiger partial charge in [0.25, 0.3) is 0 Å². The fourth-order valence-corrected chi connectivity index (χ4v) is 5.66. The topological polar surface area (TPSA) is 114 Å². The van der Waals surface area contributed by atoms with E-state index < -0.39 is 47.6 Å². The molecule has 1 unspecified atom stereocenters. The van der Waals surface area contributed by atoms with Crippen LogP contribution in [0, 0.1) is 19.3 Å². The van der Waals surface area contributed by atoms with Gasteiger partial charge in [0.05, 0.1) is 22.0 Å². The van der Waals surface area contributed by atoms with E-state index in [2.05, 4.69) is 14.9 Å². The van der Waals surface area contributed by atoms with Crippen LogP contribution in [0.3, 0.4) is 0 Å².